The topological polar surface area (TPSA) is 60.4 Å². The molecule has 0 fully saturated rings. The van der Waals surface area contributed by atoms with Gasteiger partial charge in [0.2, 0.25) is 0 Å². The normalized spacial score (nSPS) is 11.7. The van der Waals surface area contributed by atoms with Crippen LogP contribution in [0.3, 0.4) is 0 Å². The number of unbranched alkanes of at least 4 members (excludes halogenated alkanes) is 11. The fourth-order valence-corrected chi connectivity index (χ4v) is 3.18. The summed E-state index contributed by atoms with van der Waals surface area (Å²) in [6.45, 7) is 5.40. The highest BCUT2D eigenvalue weighted by Gasteiger charge is 2.12. The molecule has 0 aliphatic carbocycles. The molecule has 0 N–H and O–H groups in total. The number of carbonyl (C=O) groups excluding carboxylic acids is 1. The zero-order valence-electron chi connectivity index (χ0n) is 15.2. The van der Waals surface area contributed by atoms with Gasteiger partial charge in [0.25, 0.3) is 0 Å². The molecule has 0 aliphatic heterocycles. The van der Waals surface area contributed by atoms with Crippen LogP contribution in [0.15, 0.2) is 24.8 Å². The number of hydrogen-bond acceptors (Lipinski definition) is 4. The Morgan fingerprint density at radius 2 is 1.38 bits per heavy atom. The first-order valence-corrected chi connectivity index (χ1v) is 10.8. The van der Waals surface area contributed by atoms with E-state index in [-0.39, 0.29) is 5.75 Å². The monoisotopic (exact) mass is 358 g/mol. The van der Waals surface area contributed by atoms with Gasteiger partial charge in [-0.1, -0.05) is 89.9 Å². The third-order valence-corrected chi connectivity index (χ3v) is 4.84. The Morgan fingerprint density at radius 3 is 1.88 bits per heavy atom. The molecule has 0 heterocycles. The Labute approximate surface area is 148 Å². The van der Waals surface area contributed by atoms with Crippen molar-refractivity contribution in [2.45, 2.75) is 84.0 Å². The van der Waals surface area contributed by atoms with Crippen molar-refractivity contribution >= 4 is 16.1 Å². The zero-order chi connectivity index (χ0) is 18.1. The van der Waals surface area contributed by atoms with E-state index in [0.717, 1.165) is 18.9 Å². The first kappa shape index (κ1) is 22.9. The summed E-state index contributed by atoms with van der Waals surface area (Å²) < 4.78 is 27.0. The molecule has 24 heavy (non-hydrogen) atoms. The lowest BCUT2D eigenvalue weighted by molar-refractivity contribution is -0.128. The Kier molecular flexibility index (Phi) is 14.7. The van der Waals surface area contributed by atoms with Gasteiger partial charge in [0, 0.05) is 6.08 Å². The fourth-order valence-electron chi connectivity index (χ4n) is 2.42. The largest absolute Gasteiger partial charge is 0.345 e. The van der Waals surface area contributed by atoms with Crippen molar-refractivity contribution in [1.29, 1.82) is 0 Å². The van der Waals surface area contributed by atoms with Crippen LogP contribution in [0.4, 0.5) is 0 Å². The van der Waals surface area contributed by atoms with E-state index in [4.69, 9.17) is 0 Å². The lowest BCUT2D eigenvalue weighted by Gasteiger charge is -2.02. The van der Waals surface area contributed by atoms with Crippen molar-refractivity contribution in [1.82, 2.24) is 0 Å². The van der Waals surface area contributed by atoms with Gasteiger partial charge in [-0.05, 0) is 12.8 Å². The molecule has 0 atom stereocenters. The molecule has 0 spiro atoms. The first-order valence-electron chi connectivity index (χ1n) is 9.25. The van der Waals surface area contributed by atoms with E-state index in [1.54, 1.807) is 6.08 Å². The third kappa shape index (κ3) is 15.8. The summed E-state index contributed by atoms with van der Waals surface area (Å²) >= 11 is 0. The second-order valence-electron chi connectivity index (χ2n) is 6.13. The minimum atomic E-state index is -3.82. The average Bonchev–Trinajstić information content (AvgIpc) is 2.54. The van der Waals surface area contributed by atoms with Crippen molar-refractivity contribution in [3.63, 3.8) is 0 Å². The van der Waals surface area contributed by atoms with E-state index >= 15 is 0 Å². The minimum absolute atomic E-state index is 0.273. The molecular weight excluding hydrogens is 324 g/mol. The molecule has 0 aromatic carbocycles. The predicted molar refractivity (Wildman–Crippen MR) is 100 cm³/mol. The highest BCUT2D eigenvalue weighted by molar-refractivity contribution is 7.87. The van der Waals surface area contributed by atoms with Crippen LogP contribution < -0.4 is 0 Å². The first-order chi connectivity index (χ1) is 11.5. The molecule has 5 heteroatoms. The van der Waals surface area contributed by atoms with Crippen molar-refractivity contribution in [3.05, 3.63) is 24.8 Å². The summed E-state index contributed by atoms with van der Waals surface area (Å²) in [5.74, 6) is -1.21. The Hall–Kier alpha value is -1.10. The quantitative estimate of drug-likeness (QED) is 0.162. The maximum atomic E-state index is 11.4. The molecule has 0 aromatic rings. The van der Waals surface area contributed by atoms with E-state index in [1.165, 1.54) is 64.2 Å². The van der Waals surface area contributed by atoms with E-state index in [1.807, 2.05) is 6.08 Å². The molecule has 0 bridgehead atoms. The summed E-state index contributed by atoms with van der Waals surface area (Å²) in [5, 5.41) is 0. The van der Waals surface area contributed by atoms with Crippen LogP contribution in [0.2, 0.25) is 0 Å². The molecule has 0 saturated heterocycles. The van der Waals surface area contributed by atoms with Crippen molar-refractivity contribution in [2.24, 2.45) is 0 Å². The molecule has 4 nitrogen and oxygen atoms in total. The van der Waals surface area contributed by atoms with Crippen LogP contribution in [-0.4, -0.2) is 20.1 Å². The molecule has 0 aromatic heterocycles. The van der Waals surface area contributed by atoms with Crippen LogP contribution in [0.25, 0.3) is 0 Å². The molecule has 0 unspecified atom stereocenters. The second-order valence-corrected chi connectivity index (χ2v) is 7.74. The van der Waals surface area contributed by atoms with Gasteiger partial charge in [0.1, 0.15) is 5.75 Å². The van der Waals surface area contributed by atoms with Crippen LogP contribution in [0, 0.1) is 0 Å². The van der Waals surface area contributed by atoms with Crippen LogP contribution in [0.5, 0.6) is 0 Å². The van der Waals surface area contributed by atoms with Crippen molar-refractivity contribution in [2.75, 3.05) is 5.75 Å². The Bertz CT molecular complexity index is 452. The maximum Gasteiger partial charge on any atom is 0.345 e. The van der Waals surface area contributed by atoms with Crippen molar-refractivity contribution < 1.29 is 17.4 Å². The number of carbonyl (C=O) groups is 1. The smallest absolute Gasteiger partial charge is 0.342 e. The average molecular weight is 359 g/mol. The fraction of sp³-hybridized carbons (Fsp3) is 0.737. The van der Waals surface area contributed by atoms with Gasteiger partial charge in [-0.2, -0.15) is 8.42 Å². The minimum Gasteiger partial charge on any atom is -0.342 e. The summed E-state index contributed by atoms with van der Waals surface area (Å²) in [4.78, 5) is 10.8. The Balaban J connectivity index is 3.44. The number of allylic oxidation sites excluding steroid dienone is 1. The van der Waals surface area contributed by atoms with E-state index in [0.29, 0.717) is 0 Å². The Morgan fingerprint density at radius 1 is 0.875 bits per heavy atom. The highest BCUT2D eigenvalue weighted by Crippen LogP contribution is 2.12. The molecule has 0 amide bonds. The number of hydrogen-bond donors (Lipinski definition) is 0. The molecule has 0 saturated carbocycles. The lowest BCUT2D eigenvalue weighted by Crippen LogP contribution is -2.13. The molecule has 0 aliphatic rings. The van der Waals surface area contributed by atoms with Gasteiger partial charge in [-0.3, -0.25) is 0 Å². The molecular formula is C19H34O4S. The predicted octanol–water partition coefficient (Wildman–Crippen LogP) is 5.30. The van der Waals surface area contributed by atoms with Crippen LogP contribution >= 0.6 is 0 Å². The molecule has 140 valence electrons. The van der Waals surface area contributed by atoms with Gasteiger partial charge in [-0.25, -0.2) is 4.79 Å². The van der Waals surface area contributed by atoms with Gasteiger partial charge in [0.05, 0.1) is 0 Å². The van der Waals surface area contributed by atoms with Crippen LogP contribution in [0.1, 0.15) is 84.0 Å². The zero-order valence-corrected chi connectivity index (χ0v) is 16.0. The standard InChI is InChI=1S/C19H34O4S/c1-3-5-6-7-8-9-10-11-12-13-14-15-16-17-18-24(21,22)23-19(20)4-2/h4,16-17H,2-3,5-15,18H2,1H3/b17-16+. The SMILES string of the molecule is C=CC(=O)OS(=O)(=O)C/C=C/CCCCCCCCCCCCC. The molecule has 0 rings (SSSR count). The molecule has 0 radical (unpaired) electrons. The van der Waals surface area contributed by atoms with Gasteiger partial charge in [0.15, 0.2) is 0 Å². The van der Waals surface area contributed by atoms with Gasteiger partial charge in [-0.15, -0.1) is 0 Å². The summed E-state index contributed by atoms with van der Waals surface area (Å²) in [7, 11) is -3.82. The van der Waals surface area contributed by atoms with E-state index in [9.17, 15) is 13.2 Å². The number of rotatable bonds is 16. The van der Waals surface area contributed by atoms with E-state index < -0.39 is 16.1 Å². The van der Waals surface area contributed by atoms with Gasteiger partial charge < -0.3 is 4.18 Å². The summed E-state index contributed by atoms with van der Waals surface area (Å²) in [5.41, 5.74) is 0. The second kappa shape index (κ2) is 15.4. The van der Waals surface area contributed by atoms with Gasteiger partial charge >= 0.3 is 16.1 Å². The summed E-state index contributed by atoms with van der Waals surface area (Å²) in [6.07, 6.45) is 19.4. The van der Waals surface area contributed by atoms with E-state index in [2.05, 4.69) is 17.7 Å². The third-order valence-electron chi connectivity index (χ3n) is 3.82. The van der Waals surface area contributed by atoms with Crippen molar-refractivity contribution in [3.8, 4) is 0 Å². The highest BCUT2D eigenvalue weighted by atomic mass is 32.2. The lowest BCUT2D eigenvalue weighted by atomic mass is 10.1. The maximum absolute atomic E-state index is 11.4. The van der Waals surface area contributed by atoms with Crippen LogP contribution in [-0.2, 0) is 19.1 Å². The summed E-state index contributed by atoms with van der Waals surface area (Å²) in [6, 6.07) is 0.